The molecule has 0 aromatic rings. The second kappa shape index (κ2) is 3.35. The van der Waals surface area contributed by atoms with Crippen LogP contribution in [-0.4, -0.2) is 6.17 Å². The van der Waals surface area contributed by atoms with Crippen LogP contribution in [0.1, 0.15) is 32.6 Å². The van der Waals surface area contributed by atoms with Gasteiger partial charge in [0.25, 0.3) is 0 Å². The lowest BCUT2D eigenvalue weighted by Gasteiger charge is -2.28. The standard InChI is InChI=1S/C8H18N2/c1-6-3-2-4-7(5-6)8(9)10/h6-8H,2-5,9-10H2,1H3. The van der Waals surface area contributed by atoms with Crippen LogP contribution in [0.25, 0.3) is 0 Å². The zero-order valence-electron chi connectivity index (χ0n) is 6.72. The fraction of sp³-hybridized carbons (Fsp3) is 1.00. The van der Waals surface area contributed by atoms with Gasteiger partial charge in [-0.15, -0.1) is 0 Å². The lowest BCUT2D eigenvalue weighted by atomic mass is 9.81. The molecule has 0 heterocycles. The van der Waals surface area contributed by atoms with E-state index in [1.54, 1.807) is 0 Å². The molecule has 0 saturated heterocycles. The van der Waals surface area contributed by atoms with Gasteiger partial charge >= 0.3 is 0 Å². The number of nitrogens with two attached hydrogens (primary N) is 2. The molecule has 1 rings (SSSR count). The molecule has 60 valence electrons. The number of rotatable bonds is 1. The average molecular weight is 142 g/mol. The summed E-state index contributed by atoms with van der Waals surface area (Å²) < 4.78 is 0. The lowest BCUT2D eigenvalue weighted by Crippen LogP contribution is -2.40. The molecule has 0 spiro atoms. The van der Waals surface area contributed by atoms with Gasteiger partial charge in [0.1, 0.15) is 0 Å². The molecule has 2 nitrogen and oxygen atoms in total. The van der Waals surface area contributed by atoms with Gasteiger partial charge in [0.05, 0.1) is 6.17 Å². The second-order valence-electron chi connectivity index (χ2n) is 3.61. The molecule has 0 bridgehead atoms. The first-order chi connectivity index (χ1) is 4.70. The van der Waals surface area contributed by atoms with Gasteiger partial charge in [0, 0.05) is 0 Å². The summed E-state index contributed by atoms with van der Waals surface area (Å²) in [6, 6.07) is 0. The maximum atomic E-state index is 5.61. The predicted molar refractivity (Wildman–Crippen MR) is 43.3 cm³/mol. The molecule has 1 aliphatic carbocycles. The summed E-state index contributed by atoms with van der Waals surface area (Å²) in [5.41, 5.74) is 11.2. The minimum atomic E-state index is -0.0808. The molecule has 0 radical (unpaired) electrons. The summed E-state index contributed by atoms with van der Waals surface area (Å²) in [6.07, 6.45) is 5.07. The molecule has 1 saturated carbocycles. The molecule has 0 aromatic carbocycles. The summed E-state index contributed by atoms with van der Waals surface area (Å²) in [5.74, 6) is 1.43. The zero-order valence-corrected chi connectivity index (χ0v) is 6.72. The number of hydrogen-bond donors (Lipinski definition) is 2. The molecular weight excluding hydrogens is 124 g/mol. The predicted octanol–water partition coefficient (Wildman–Crippen LogP) is 1.06. The Morgan fingerprint density at radius 1 is 1.30 bits per heavy atom. The van der Waals surface area contributed by atoms with Crippen molar-refractivity contribution in [1.82, 2.24) is 0 Å². The normalized spacial score (nSPS) is 34.8. The van der Waals surface area contributed by atoms with Crippen LogP contribution < -0.4 is 11.5 Å². The minimum absolute atomic E-state index is 0.0808. The largest absolute Gasteiger partial charge is 0.316 e. The fourth-order valence-corrected chi connectivity index (χ4v) is 1.83. The van der Waals surface area contributed by atoms with Crippen LogP contribution in [0.4, 0.5) is 0 Å². The summed E-state index contributed by atoms with van der Waals surface area (Å²) in [6.45, 7) is 2.29. The molecule has 1 aliphatic rings. The van der Waals surface area contributed by atoms with Crippen molar-refractivity contribution in [3.63, 3.8) is 0 Å². The van der Waals surface area contributed by atoms with Gasteiger partial charge < -0.3 is 11.5 Å². The van der Waals surface area contributed by atoms with Crippen LogP contribution in [0.2, 0.25) is 0 Å². The maximum Gasteiger partial charge on any atom is 0.0550 e. The fourth-order valence-electron chi connectivity index (χ4n) is 1.83. The van der Waals surface area contributed by atoms with Crippen LogP contribution in [0.15, 0.2) is 0 Å². The Hall–Kier alpha value is -0.0800. The molecule has 1 fully saturated rings. The Kier molecular flexibility index (Phi) is 2.69. The maximum absolute atomic E-state index is 5.61. The van der Waals surface area contributed by atoms with Crippen molar-refractivity contribution in [1.29, 1.82) is 0 Å². The third-order valence-electron chi connectivity index (χ3n) is 2.52. The molecule has 0 aromatic heterocycles. The summed E-state index contributed by atoms with van der Waals surface area (Å²) >= 11 is 0. The van der Waals surface area contributed by atoms with Crippen LogP contribution in [-0.2, 0) is 0 Å². The Morgan fingerprint density at radius 3 is 2.40 bits per heavy atom. The second-order valence-corrected chi connectivity index (χ2v) is 3.61. The Labute approximate surface area is 63.0 Å². The third kappa shape index (κ3) is 1.96. The van der Waals surface area contributed by atoms with E-state index in [2.05, 4.69) is 6.92 Å². The smallest absolute Gasteiger partial charge is 0.0550 e. The molecule has 2 heteroatoms. The van der Waals surface area contributed by atoms with Gasteiger partial charge in [0.2, 0.25) is 0 Å². The Bertz CT molecular complexity index is 101. The first-order valence-corrected chi connectivity index (χ1v) is 4.21. The number of hydrogen-bond acceptors (Lipinski definition) is 2. The van der Waals surface area contributed by atoms with Gasteiger partial charge in [-0.3, -0.25) is 0 Å². The molecule has 0 amide bonds. The van der Waals surface area contributed by atoms with E-state index in [4.69, 9.17) is 11.5 Å². The van der Waals surface area contributed by atoms with Crippen molar-refractivity contribution in [2.24, 2.45) is 23.3 Å². The van der Waals surface area contributed by atoms with E-state index in [-0.39, 0.29) is 6.17 Å². The quantitative estimate of drug-likeness (QED) is 0.538. The molecule has 2 unspecified atom stereocenters. The van der Waals surface area contributed by atoms with E-state index in [1.165, 1.54) is 25.7 Å². The van der Waals surface area contributed by atoms with Gasteiger partial charge in [-0.2, -0.15) is 0 Å². The van der Waals surface area contributed by atoms with Crippen molar-refractivity contribution in [2.45, 2.75) is 38.8 Å². The van der Waals surface area contributed by atoms with Crippen LogP contribution in [0.5, 0.6) is 0 Å². The Balaban J connectivity index is 2.32. The highest BCUT2D eigenvalue weighted by Crippen LogP contribution is 2.28. The van der Waals surface area contributed by atoms with E-state index in [9.17, 15) is 0 Å². The van der Waals surface area contributed by atoms with Gasteiger partial charge in [-0.05, 0) is 24.7 Å². The molecular formula is C8H18N2. The van der Waals surface area contributed by atoms with Crippen LogP contribution in [0.3, 0.4) is 0 Å². The molecule has 0 aliphatic heterocycles. The minimum Gasteiger partial charge on any atom is -0.316 e. The van der Waals surface area contributed by atoms with Crippen molar-refractivity contribution in [3.8, 4) is 0 Å². The topological polar surface area (TPSA) is 52.0 Å². The summed E-state index contributed by atoms with van der Waals surface area (Å²) in [7, 11) is 0. The third-order valence-corrected chi connectivity index (χ3v) is 2.52. The average Bonchev–Trinajstić information content (AvgIpc) is 1.88. The summed E-state index contributed by atoms with van der Waals surface area (Å²) in [4.78, 5) is 0. The van der Waals surface area contributed by atoms with Gasteiger partial charge in [-0.1, -0.05) is 19.8 Å². The zero-order chi connectivity index (χ0) is 7.56. The summed E-state index contributed by atoms with van der Waals surface area (Å²) in [5, 5.41) is 0. The highest BCUT2D eigenvalue weighted by molar-refractivity contribution is 4.75. The van der Waals surface area contributed by atoms with E-state index in [0.717, 1.165) is 5.92 Å². The van der Waals surface area contributed by atoms with Crippen LogP contribution in [0, 0.1) is 11.8 Å². The Morgan fingerprint density at radius 2 is 2.00 bits per heavy atom. The molecule has 10 heavy (non-hydrogen) atoms. The molecule has 2 atom stereocenters. The van der Waals surface area contributed by atoms with Crippen molar-refractivity contribution >= 4 is 0 Å². The SMILES string of the molecule is CC1CCCC(C(N)N)C1. The first kappa shape index (κ1) is 8.02. The van der Waals surface area contributed by atoms with E-state index < -0.39 is 0 Å². The van der Waals surface area contributed by atoms with E-state index in [1.807, 2.05) is 0 Å². The highest BCUT2D eigenvalue weighted by atomic mass is 14.9. The van der Waals surface area contributed by atoms with Crippen molar-refractivity contribution in [2.75, 3.05) is 0 Å². The lowest BCUT2D eigenvalue weighted by molar-refractivity contribution is 0.249. The van der Waals surface area contributed by atoms with Crippen LogP contribution >= 0.6 is 0 Å². The van der Waals surface area contributed by atoms with Crippen molar-refractivity contribution < 1.29 is 0 Å². The first-order valence-electron chi connectivity index (χ1n) is 4.21. The monoisotopic (exact) mass is 142 g/mol. The highest BCUT2D eigenvalue weighted by Gasteiger charge is 2.21. The van der Waals surface area contributed by atoms with Gasteiger partial charge in [0.15, 0.2) is 0 Å². The van der Waals surface area contributed by atoms with E-state index >= 15 is 0 Å². The van der Waals surface area contributed by atoms with Crippen molar-refractivity contribution in [3.05, 3.63) is 0 Å². The van der Waals surface area contributed by atoms with E-state index in [0.29, 0.717) is 5.92 Å². The molecule has 4 N–H and O–H groups in total. The van der Waals surface area contributed by atoms with Gasteiger partial charge in [-0.25, -0.2) is 0 Å².